The quantitative estimate of drug-likeness (QED) is 0.742. The van der Waals surface area contributed by atoms with E-state index in [1.807, 2.05) is 0 Å². The van der Waals surface area contributed by atoms with Crippen molar-refractivity contribution < 1.29 is 4.74 Å². The van der Waals surface area contributed by atoms with Gasteiger partial charge in [0.2, 0.25) is 0 Å². The van der Waals surface area contributed by atoms with Crippen molar-refractivity contribution in [2.24, 2.45) is 5.73 Å². The van der Waals surface area contributed by atoms with Crippen LogP contribution in [0.25, 0.3) is 0 Å². The number of hydrogen-bond acceptors (Lipinski definition) is 3. The first-order valence-corrected chi connectivity index (χ1v) is 6.19. The Morgan fingerprint density at radius 2 is 2.38 bits per heavy atom. The normalized spacial score (nSPS) is 30.7. The van der Waals surface area contributed by atoms with Crippen molar-refractivity contribution in [1.29, 1.82) is 0 Å². The van der Waals surface area contributed by atoms with Gasteiger partial charge >= 0.3 is 0 Å². The van der Waals surface area contributed by atoms with Gasteiger partial charge in [-0.05, 0) is 32.7 Å². The third kappa shape index (κ3) is 3.49. The maximum Gasteiger partial charge on any atom is 0.0666 e. The van der Waals surface area contributed by atoms with Gasteiger partial charge in [-0.2, -0.15) is 11.8 Å². The molecule has 3 heteroatoms. The maximum atomic E-state index is 5.57. The molecule has 3 unspecified atom stereocenters. The summed E-state index contributed by atoms with van der Waals surface area (Å²) in [7, 11) is 0. The molecule has 0 aromatic rings. The van der Waals surface area contributed by atoms with Gasteiger partial charge in [0, 0.05) is 17.1 Å². The first-order chi connectivity index (χ1) is 6.27. The van der Waals surface area contributed by atoms with Crippen LogP contribution in [0, 0.1) is 0 Å². The summed E-state index contributed by atoms with van der Waals surface area (Å²) in [5.41, 5.74) is 5.57. The lowest BCUT2D eigenvalue weighted by atomic mass is 10.2. The summed E-state index contributed by atoms with van der Waals surface area (Å²) in [6.07, 6.45) is 4.03. The summed E-state index contributed by atoms with van der Waals surface area (Å²) in [5.74, 6) is 0. The molecule has 0 amide bonds. The molecule has 3 atom stereocenters. The zero-order chi connectivity index (χ0) is 9.68. The molecule has 0 aromatic heterocycles. The van der Waals surface area contributed by atoms with E-state index in [1.54, 1.807) is 0 Å². The topological polar surface area (TPSA) is 35.2 Å². The minimum Gasteiger partial charge on any atom is -0.377 e. The predicted molar refractivity (Wildman–Crippen MR) is 59.2 cm³/mol. The minimum absolute atomic E-state index is 0.442. The number of nitrogens with two attached hydrogens (primary N) is 1. The molecule has 0 spiro atoms. The maximum absolute atomic E-state index is 5.57. The first kappa shape index (κ1) is 11.3. The number of rotatable bonds is 5. The second-order valence-electron chi connectivity index (χ2n) is 3.65. The molecule has 78 valence electrons. The highest BCUT2D eigenvalue weighted by atomic mass is 32.2. The lowest BCUT2D eigenvalue weighted by Gasteiger charge is -2.20. The smallest absolute Gasteiger partial charge is 0.0666 e. The average Bonchev–Trinajstić information content (AvgIpc) is 2.51. The first-order valence-electron chi connectivity index (χ1n) is 5.25. The highest BCUT2D eigenvalue weighted by molar-refractivity contribution is 8.00. The highest BCUT2D eigenvalue weighted by Crippen LogP contribution is 2.31. The summed E-state index contributed by atoms with van der Waals surface area (Å²) < 4.78 is 5.54. The molecule has 2 N–H and O–H groups in total. The van der Waals surface area contributed by atoms with Crippen LogP contribution in [0.15, 0.2) is 0 Å². The second kappa shape index (κ2) is 5.89. The molecular formula is C10H21NOS. The van der Waals surface area contributed by atoms with Crippen LogP contribution in [0.4, 0.5) is 0 Å². The molecule has 0 radical (unpaired) electrons. The SMILES string of the molecule is CCC(CCN)SC1CCOC1C. The van der Waals surface area contributed by atoms with Gasteiger partial charge in [-0.25, -0.2) is 0 Å². The van der Waals surface area contributed by atoms with Crippen molar-refractivity contribution >= 4 is 11.8 Å². The second-order valence-corrected chi connectivity index (χ2v) is 5.19. The summed E-state index contributed by atoms with van der Waals surface area (Å²) in [4.78, 5) is 0. The molecule has 1 fully saturated rings. The fraction of sp³-hybridized carbons (Fsp3) is 1.00. The van der Waals surface area contributed by atoms with Gasteiger partial charge in [0.25, 0.3) is 0 Å². The average molecular weight is 203 g/mol. The van der Waals surface area contributed by atoms with E-state index < -0.39 is 0 Å². The van der Waals surface area contributed by atoms with Crippen molar-refractivity contribution in [2.45, 2.75) is 49.7 Å². The Labute approximate surface area is 85.6 Å². The van der Waals surface area contributed by atoms with Crippen LogP contribution in [-0.2, 0) is 4.74 Å². The Bertz CT molecular complexity index is 143. The number of hydrogen-bond donors (Lipinski definition) is 1. The van der Waals surface area contributed by atoms with Crippen molar-refractivity contribution in [1.82, 2.24) is 0 Å². The standard InChI is InChI=1S/C10H21NOS/c1-3-9(4-6-11)13-10-5-7-12-8(10)2/h8-10H,3-7,11H2,1-2H3. The molecule has 1 heterocycles. The molecule has 0 bridgehead atoms. The van der Waals surface area contributed by atoms with Crippen molar-refractivity contribution in [3.63, 3.8) is 0 Å². The van der Waals surface area contributed by atoms with Crippen LogP contribution < -0.4 is 5.73 Å². The molecule has 0 aromatic carbocycles. The third-order valence-electron chi connectivity index (χ3n) is 2.62. The molecule has 1 rings (SSSR count). The Morgan fingerprint density at radius 3 is 2.85 bits per heavy atom. The van der Waals surface area contributed by atoms with E-state index in [9.17, 15) is 0 Å². The monoisotopic (exact) mass is 203 g/mol. The Morgan fingerprint density at radius 1 is 1.62 bits per heavy atom. The largest absolute Gasteiger partial charge is 0.377 e. The van der Waals surface area contributed by atoms with Gasteiger partial charge in [0.15, 0.2) is 0 Å². The Hall–Kier alpha value is 0.270. The summed E-state index contributed by atoms with van der Waals surface area (Å²) in [5, 5.41) is 1.44. The zero-order valence-electron chi connectivity index (χ0n) is 8.66. The zero-order valence-corrected chi connectivity index (χ0v) is 9.48. The summed E-state index contributed by atoms with van der Waals surface area (Å²) >= 11 is 2.08. The predicted octanol–water partition coefficient (Wildman–Crippen LogP) is 2.02. The van der Waals surface area contributed by atoms with E-state index in [1.165, 1.54) is 12.8 Å². The van der Waals surface area contributed by atoms with Crippen molar-refractivity contribution in [3.8, 4) is 0 Å². The van der Waals surface area contributed by atoms with Crippen LogP contribution in [0.1, 0.15) is 33.1 Å². The lowest BCUT2D eigenvalue weighted by Crippen LogP contribution is -2.19. The van der Waals surface area contributed by atoms with Gasteiger partial charge in [-0.15, -0.1) is 0 Å². The molecule has 1 aliphatic heterocycles. The van der Waals surface area contributed by atoms with Crippen molar-refractivity contribution in [2.75, 3.05) is 13.2 Å². The molecule has 2 nitrogen and oxygen atoms in total. The van der Waals surface area contributed by atoms with Gasteiger partial charge < -0.3 is 10.5 Å². The Kier molecular flexibility index (Phi) is 5.14. The van der Waals surface area contributed by atoms with E-state index in [-0.39, 0.29) is 0 Å². The van der Waals surface area contributed by atoms with E-state index in [0.717, 1.165) is 24.8 Å². The molecule has 1 saturated heterocycles. The minimum atomic E-state index is 0.442. The molecular weight excluding hydrogens is 182 g/mol. The van der Waals surface area contributed by atoms with Gasteiger partial charge in [-0.3, -0.25) is 0 Å². The van der Waals surface area contributed by atoms with Crippen LogP contribution >= 0.6 is 11.8 Å². The lowest BCUT2D eigenvalue weighted by molar-refractivity contribution is 0.127. The fourth-order valence-electron chi connectivity index (χ4n) is 1.69. The van der Waals surface area contributed by atoms with Gasteiger partial charge in [0.05, 0.1) is 6.10 Å². The molecule has 1 aliphatic rings. The third-order valence-corrected chi connectivity index (χ3v) is 4.54. The Balaban J connectivity index is 2.27. The molecule has 0 aliphatic carbocycles. The van der Waals surface area contributed by atoms with E-state index in [0.29, 0.717) is 11.4 Å². The van der Waals surface area contributed by atoms with E-state index >= 15 is 0 Å². The summed E-state index contributed by atoms with van der Waals surface area (Å²) in [6.45, 7) is 6.18. The fourth-order valence-corrected chi connectivity index (χ4v) is 3.18. The van der Waals surface area contributed by atoms with Crippen LogP contribution in [0.5, 0.6) is 0 Å². The van der Waals surface area contributed by atoms with Crippen molar-refractivity contribution in [3.05, 3.63) is 0 Å². The van der Waals surface area contributed by atoms with Gasteiger partial charge in [-0.1, -0.05) is 6.92 Å². The molecule has 0 saturated carbocycles. The number of thioether (sulfide) groups is 1. The van der Waals surface area contributed by atoms with E-state index in [4.69, 9.17) is 10.5 Å². The van der Waals surface area contributed by atoms with Crippen LogP contribution in [-0.4, -0.2) is 29.8 Å². The molecule has 13 heavy (non-hydrogen) atoms. The van der Waals surface area contributed by atoms with Gasteiger partial charge in [0.1, 0.15) is 0 Å². The van der Waals surface area contributed by atoms with E-state index in [2.05, 4.69) is 25.6 Å². The van der Waals surface area contributed by atoms with Crippen LogP contribution in [0.3, 0.4) is 0 Å². The highest BCUT2D eigenvalue weighted by Gasteiger charge is 2.26. The summed E-state index contributed by atoms with van der Waals surface area (Å²) in [6, 6.07) is 0. The number of ether oxygens (including phenoxy) is 1. The van der Waals surface area contributed by atoms with Crippen LogP contribution in [0.2, 0.25) is 0 Å².